The largest absolute Gasteiger partial charge is 0.467 e. The van der Waals surface area contributed by atoms with Crippen LogP contribution in [0.15, 0.2) is 96.2 Å². The average Bonchev–Trinajstić information content (AvgIpc) is 3.83. The Morgan fingerprint density at radius 1 is 0.828 bits per heavy atom. The van der Waals surface area contributed by atoms with Gasteiger partial charge in [-0.05, 0) is 96.8 Å². The van der Waals surface area contributed by atoms with Gasteiger partial charge in [0.15, 0.2) is 0 Å². The van der Waals surface area contributed by atoms with E-state index >= 15 is 8.78 Å². The Kier molecular flexibility index (Phi) is 11.4. The predicted molar refractivity (Wildman–Crippen MR) is 234 cm³/mol. The maximum atomic E-state index is 16.2. The lowest BCUT2D eigenvalue weighted by Gasteiger charge is -2.34. The lowest BCUT2D eigenvalue weighted by atomic mass is 9.88. The van der Waals surface area contributed by atoms with Crippen LogP contribution in [-0.4, -0.2) is 75.4 Å². The highest BCUT2D eigenvalue weighted by atomic mass is 19.1. The predicted octanol–water partition coefficient (Wildman–Crippen LogP) is 7.02. The zero-order valence-electron chi connectivity index (χ0n) is 35.5. The second kappa shape index (κ2) is 17.4. The zero-order chi connectivity index (χ0) is 44.6. The number of urea groups is 1. The first-order valence-electron chi connectivity index (χ1n) is 21.2. The number of aryl methyl sites for hydroxylation is 1. The summed E-state index contributed by atoms with van der Waals surface area (Å²) in [5, 5.41) is 6.52. The third kappa shape index (κ3) is 7.81. The summed E-state index contributed by atoms with van der Waals surface area (Å²) < 4.78 is 46.2. The molecule has 3 fully saturated rings. The smallest absolute Gasteiger partial charge is 0.353 e. The van der Waals surface area contributed by atoms with Gasteiger partial charge < -0.3 is 14.4 Å². The van der Waals surface area contributed by atoms with Crippen molar-refractivity contribution in [2.75, 3.05) is 48.0 Å². The molecule has 6 heterocycles. The second-order valence-corrected chi connectivity index (χ2v) is 16.0. The molecular weight excluding hydrogens is 825 g/mol. The van der Waals surface area contributed by atoms with Gasteiger partial charge in [-0.1, -0.05) is 19.1 Å². The van der Waals surface area contributed by atoms with Crippen LogP contribution in [0.25, 0.3) is 16.8 Å². The molecule has 1 atom stereocenters. The number of rotatable bonds is 11. The number of nitrogens with one attached hydrogen (secondary N) is 1. The van der Waals surface area contributed by atoms with Crippen molar-refractivity contribution in [1.82, 2.24) is 29.6 Å². The zero-order valence-corrected chi connectivity index (χ0v) is 35.5. The van der Waals surface area contributed by atoms with E-state index in [-0.39, 0.29) is 36.0 Å². The quantitative estimate of drug-likeness (QED) is 0.134. The number of imide groups is 1. The third-order valence-electron chi connectivity index (χ3n) is 12.3. The van der Waals surface area contributed by atoms with Crippen LogP contribution < -0.4 is 35.2 Å². The number of amides is 4. The Labute approximate surface area is 366 Å². The van der Waals surface area contributed by atoms with Crippen molar-refractivity contribution in [3.8, 4) is 34.3 Å². The van der Waals surface area contributed by atoms with Crippen molar-refractivity contribution < 1.29 is 32.6 Å². The number of ether oxygens (including phenoxy) is 2. The fourth-order valence-corrected chi connectivity index (χ4v) is 9.02. The van der Waals surface area contributed by atoms with Crippen LogP contribution in [0.4, 0.5) is 30.8 Å². The summed E-state index contributed by atoms with van der Waals surface area (Å²) in [6.07, 6.45) is 7.14. The van der Waals surface area contributed by atoms with E-state index in [0.717, 1.165) is 15.8 Å². The van der Waals surface area contributed by atoms with E-state index in [1.807, 2.05) is 24.0 Å². The minimum absolute atomic E-state index is 0.0609. The molecule has 3 aliphatic rings. The normalized spacial score (nSPS) is 17.0. The number of carbonyl (C=O) groups is 3. The number of halogens is 2. The van der Waals surface area contributed by atoms with Crippen molar-refractivity contribution in [1.29, 1.82) is 0 Å². The monoisotopic (exact) mass is 869 g/mol. The molecule has 3 aromatic heterocycles. The molecule has 3 aliphatic heterocycles. The van der Waals surface area contributed by atoms with Crippen LogP contribution in [0.1, 0.15) is 61.1 Å². The van der Waals surface area contributed by atoms with Crippen molar-refractivity contribution in [2.24, 2.45) is 7.05 Å². The number of pyridine rings is 2. The molecule has 4 amide bonds. The highest BCUT2D eigenvalue weighted by molar-refractivity contribution is 6.06. The number of benzene rings is 3. The van der Waals surface area contributed by atoms with E-state index in [9.17, 15) is 19.2 Å². The number of nitrogens with zero attached hydrogens (tertiary/aromatic N) is 8. The molecule has 15 nitrogen and oxygen atoms in total. The van der Waals surface area contributed by atoms with Gasteiger partial charge in [0, 0.05) is 75.3 Å². The molecule has 0 aliphatic carbocycles. The topological polar surface area (TPSA) is 157 Å². The van der Waals surface area contributed by atoms with Crippen LogP contribution in [0.2, 0.25) is 0 Å². The molecule has 328 valence electrons. The third-order valence-corrected chi connectivity index (χ3v) is 12.3. The molecule has 0 radical (unpaired) electrons. The van der Waals surface area contributed by atoms with Crippen molar-refractivity contribution in [3.63, 3.8) is 0 Å². The summed E-state index contributed by atoms with van der Waals surface area (Å²) >= 11 is 0. The molecule has 1 N–H and O–H groups in total. The SMILES string of the molecule is CCc1c(-c2ccc(-n3c(OC)nn(C)c3=O)cc2Oc2ccc(C3CCN(c4ccc(C5CCC(=O)NC5=O)cc4F)CC3)c(F)c2)ccnc1N1CCN(c2cccnc2)C1=O. The van der Waals surface area contributed by atoms with E-state index in [2.05, 4.69) is 20.4 Å². The highest BCUT2D eigenvalue weighted by Crippen LogP contribution is 2.42. The minimum atomic E-state index is -0.582. The van der Waals surface area contributed by atoms with E-state index in [1.54, 1.807) is 76.9 Å². The Balaban J connectivity index is 0.984. The second-order valence-electron chi connectivity index (χ2n) is 16.0. The summed E-state index contributed by atoms with van der Waals surface area (Å²) in [6, 6.07) is 20.1. The summed E-state index contributed by atoms with van der Waals surface area (Å²) in [4.78, 5) is 65.2. The fourth-order valence-electron chi connectivity index (χ4n) is 9.02. The van der Waals surface area contributed by atoms with Gasteiger partial charge in [0.05, 0.1) is 36.3 Å². The maximum Gasteiger partial charge on any atom is 0.353 e. The van der Waals surface area contributed by atoms with E-state index < -0.39 is 29.1 Å². The standard InChI is InChI=1S/C47H45F2N9O6/c1-4-33-36(15-19-51-43(33)57-23-22-56(47(57)62)31-6-5-18-50-27-31)37-10-8-30(58-45(63-3)53-54(2)46(58)61)25-41(37)64-32-9-11-34(38(48)26-32)28-16-20-55(21-17-28)40-13-7-29(24-39(40)49)35-12-14-42(59)52-44(35)60/h5-11,13,15,18-19,24-28,35H,4,12,14,16-17,20-23H2,1-3H3,(H,52,59,60). The maximum absolute atomic E-state index is 16.2. The van der Waals surface area contributed by atoms with Crippen molar-refractivity contribution in [2.45, 2.75) is 50.9 Å². The Morgan fingerprint density at radius 2 is 1.64 bits per heavy atom. The number of anilines is 3. The van der Waals surface area contributed by atoms with Gasteiger partial charge in [-0.25, -0.2) is 32.6 Å². The number of carbonyl (C=O) groups excluding carboxylic acids is 3. The fraction of sp³-hybridized carbons (Fsp3) is 0.298. The summed E-state index contributed by atoms with van der Waals surface area (Å²) in [5.74, 6) is -1.34. The van der Waals surface area contributed by atoms with E-state index in [1.165, 1.54) is 30.9 Å². The van der Waals surface area contributed by atoms with Crippen LogP contribution >= 0.6 is 0 Å². The Hall–Kier alpha value is -7.43. The molecule has 0 saturated carbocycles. The molecular formula is C47H45F2N9O6. The molecule has 64 heavy (non-hydrogen) atoms. The van der Waals surface area contributed by atoms with Crippen molar-refractivity contribution in [3.05, 3.63) is 130 Å². The first-order chi connectivity index (χ1) is 31.0. The van der Waals surface area contributed by atoms with Gasteiger partial charge in [-0.15, -0.1) is 5.10 Å². The number of hydrogen-bond acceptors (Lipinski definition) is 10. The van der Waals surface area contributed by atoms with Gasteiger partial charge in [0.1, 0.15) is 29.0 Å². The molecule has 9 rings (SSSR count). The van der Waals surface area contributed by atoms with Crippen LogP contribution in [0, 0.1) is 11.6 Å². The van der Waals surface area contributed by atoms with Gasteiger partial charge >= 0.3 is 17.7 Å². The summed E-state index contributed by atoms with van der Waals surface area (Å²) in [6.45, 7) is 3.81. The Bertz CT molecular complexity index is 2840. The van der Waals surface area contributed by atoms with Crippen LogP contribution in [-0.2, 0) is 23.1 Å². The van der Waals surface area contributed by atoms with Gasteiger partial charge in [0.2, 0.25) is 11.8 Å². The number of methoxy groups -OCH3 is 1. The molecule has 1 unspecified atom stereocenters. The van der Waals surface area contributed by atoms with Crippen LogP contribution in [0.3, 0.4) is 0 Å². The Morgan fingerprint density at radius 3 is 2.36 bits per heavy atom. The molecule has 0 spiro atoms. The lowest BCUT2D eigenvalue weighted by Crippen LogP contribution is -2.39. The molecule has 17 heteroatoms. The summed E-state index contributed by atoms with van der Waals surface area (Å²) in [7, 11) is 2.93. The van der Waals surface area contributed by atoms with E-state index in [4.69, 9.17) is 9.47 Å². The van der Waals surface area contributed by atoms with Gasteiger partial charge in [-0.3, -0.25) is 29.7 Å². The number of piperidine rings is 2. The lowest BCUT2D eigenvalue weighted by molar-refractivity contribution is -0.134. The van der Waals surface area contributed by atoms with Gasteiger partial charge in [-0.2, -0.15) is 0 Å². The van der Waals surface area contributed by atoms with Crippen molar-refractivity contribution >= 4 is 35.0 Å². The first-order valence-corrected chi connectivity index (χ1v) is 21.2. The summed E-state index contributed by atoms with van der Waals surface area (Å²) in [5.41, 5.74) is 4.23. The van der Waals surface area contributed by atoms with E-state index in [0.29, 0.717) is 97.2 Å². The van der Waals surface area contributed by atoms with Crippen LogP contribution in [0.5, 0.6) is 17.5 Å². The molecule has 3 aromatic carbocycles. The molecule has 6 aromatic rings. The first kappa shape index (κ1) is 41.9. The molecule has 0 bridgehead atoms. The number of hydrogen-bond donors (Lipinski definition) is 1. The number of aromatic nitrogens is 5. The average molecular weight is 870 g/mol. The van der Waals surface area contributed by atoms with Gasteiger partial charge in [0.25, 0.3) is 0 Å². The highest BCUT2D eigenvalue weighted by Gasteiger charge is 2.34. The minimum Gasteiger partial charge on any atom is -0.467 e. The molecule has 3 saturated heterocycles.